The van der Waals surface area contributed by atoms with E-state index in [2.05, 4.69) is 5.32 Å². The Balaban J connectivity index is 1.80. The van der Waals surface area contributed by atoms with Crippen molar-refractivity contribution >= 4 is 0 Å². The van der Waals surface area contributed by atoms with Crippen LogP contribution in [0.5, 0.6) is 0 Å². The Bertz CT molecular complexity index is 110. The zero-order valence-corrected chi connectivity index (χ0v) is 7.72. The van der Waals surface area contributed by atoms with Gasteiger partial charge in [0.05, 0.1) is 0 Å². The predicted molar refractivity (Wildman–Crippen MR) is 49.1 cm³/mol. The fourth-order valence-corrected chi connectivity index (χ4v) is 2.42. The van der Waals surface area contributed by atoms with Crippen molar-refractivity contribution in [2.75, 3.05) is 26.3 Å². The monoisotopic (exact) mass is 169 g/mol. The normalized spacial score (nSPS) is 38.0. The van der Waals surface area contributed by atoms with E-state index in [-0.39, 0.29) is 0 Å². The lowest BCUT2D eigenvalue weighted by molar-refractivity contribution is 0.0253. The largest absolute Gasteiger partial charge is 0.381 e. The van der Waals surface area contributed by atoms with Crippen molar-refractivity contribution in [2.45, 2.75) is 25.7 Å². The number of hydrogen-bond donors (Lipinski definition) is 1. The van der Waals surface area contributed by atoms with Gasteiger partial charge >= 0.3 is 0 Å². The summed E-state index contributed by atoms with van der Waals surface area (Å²) in [7, 11) is 0. The second kappa shape index (κ2) is 4.24. The second-order valence-electron chi connectivity index (χ2n) is 4.08. The Morgan fingerprint density at radius 1 is 1.08 bits per heavy atom. The molecule has 0 bridgehead atoms. The Labute approximate surface area is 74.7 Å². The molecule has 0 aromatic heterocycles. The van der Waals surface area contributed by atoms with Gasteiger partial charge in [-0.05, 0) is 50.6 Å². The fourth-order valence-electron chi connectivity index (χ4n) is 2.42. The maximum Gasteiger partial charge on any atom is 0.0497 e. The summed E-state index contributed by atoms with van der Waals surface area (Å²) >= 11 is 0. The Kier molecular flexibility index (Phi) is 3.01. The molecule has 0 saturated carbocycles. The van der Waals surface area contributed by atoms with Gasteiger partial charge in [-0.1, -0.05) is 0 Å². The number of piperidine rings is 1. The average molecular weight is 169 g/mol. The van der Waals surface area contributed by atoms with Crippen molar-refractivity contribution in [1.29, 1.82) is 0 Å². The molecule has 2 fully saturated rings. The molecule has 70 valence electrons. The summed E-state index contributed by atoms with van der Waals surface area (Å²) in [5, 5.41) is 3.48. The molecular formula is C10H19NO. The average Bonchev–Trinajstić information content (AvgIpc) is 2.21. The smallest absolute Gasteiger partial charge is 0.0497 e. The van der Waals surface area contributed by atoms with Gasteiger partial charge in [0.1, 0.15) is 0 Å². The van der Waals surface area contributed by atoms with E-state index in [0.29, 0.717) is 0 Å². The van der Waals surface area contributed by atoms with Gasteiger partial charge < -0.3 is 10.1 Å². The van der Waals surface area contributed by atoms with Gasteiger partial charge in [0.25, 0.3) is 0 Å². The van der Waals surface area contributed by atoms with Crippen LogP contribution in [-0.2, 0) is 4.74 Å². The van der Waals surface area contributed by atoms with Gasteiger partial charge in [-0.2, -0.15) is 0 Å². The molecule has 2 atom stereocenters. The van der Waals surface area contributed by atoms with E-state index >= 15 is 0 Å². The van der Waals surface area contributed by atoms with Crippen molar-refractivity contribution in [3.63, 3.8) is 0 Å². The molecule has 2 saturated heterocycles. The molecule has 0 spiro atoms. The van der Waals surface area contributed by atoms with Crippen LogP contribution in [0.2, 0.25) is 0 Å². The van der Waals surface area contributed by atoms with E-state index in [1.807, 2.05) is 0 Å². The van der Waals surface area contributed by atoms with Gasteiger partial charge in [-0.15, -0.1) is 0 Å². The van der Waals surface area contributed by atoms with E-state index in [9.17, 15) is 0 Å². The van der Waals surface area contributed by atoms with Crippen molar-refractivity contribution in [3.05, 3.63) is 0 Å². The van der Waals surface area contributed by atoms with Crippen LogP contribution in [0.25, 0.3) is 0 Å². The summed E-state index contributed by atoms with van der Waals surface area (Å²) in [4.78, 5) is 0. The number of hydrogen-bond acceptors (Lipinski definition) is 2. The molecule has 2 aliphatic rings. The minimum Gasteiger partial charge on any atom is -0.381 e. The van der Waals surface area contributed by atoms with E-state index in [1.54, 1.807) is 0 Å². The third kappa shape index (κ3) is 1.99. The first-order chi connectivity index (χ1) is 5.97. The van der Waals surface area contributed by atoms with Crippen molar-refractivity contribution in [2.24, 2.45) is 11.8 Å². The van der Waals surface area contributed by atoms with E-state index in [0.717, 1.165) is 25.0 Å². The molecule has 12 heavy (non-hydrogen) atoms. The van der Waals surface area contributed by atoms with Crippen LogP contribution in [0.1, 0.15) is 25.7 Å². The number of nitrogens with one attached hydrogen (secondary N) is 1. The lowest BCUT2D eigenvalue weighted by atomic mass is 9.83. The molecule has 0 aromatic rings. The van der Waals surface area contributed by atoms with Gasteiger partial charge in [0.15, 0.2) is 0 Å². The molecule has 2 heteroatoms. The Hall–Kier alpha value is -0.0800. The minimum atomic E-state index is 0.853. The minimum absolute atomic E-state index is 0.853. The van der Waals surface area contributed by atoms with Crippen LogP contribution in [0.15, 0.2) is 0 Å². The predicted octanol–water partition coefficient (Wildman–Crippen LogP) is 1.41. The summed E-state index contributed by atoms with van der Waals surface area (Å²) in [5.41, 5.74) is 0. The summed E-state index contributed by atoms with van der Waals surface area (Å²) in [6.07, 6.45) is 5.45. The maximum atomic E-state index is 5.51. The first-order valence-electron chi connectivity index (χ1n) is 5.25. The van der Waals surface area contributed by atoms with Crippen LogP contribution in [-0.4, -0.2) is 26.3 Å². The molecule has 2 rings (SSSR count). The summed E-state index contributed by atoms with van der Waals surface area (Å²) < 4.78 is 5.51. The molecule has 2 nitrogen and oxygen atoms in total. The van der Waals surface area contributed by atoms with Gasteiger partial charge in [0, 0.05) is 13.2 Å². The van der Waals surface area contributed by atoms with E-state index < -0.39 is 0 Å². The highest BCUT2D eigenvalue weighted by Gasteiger charge is 2.25. The first kappa shape index (κ1) is 8.52. The van der Waals surface area contributed by atoms with Crippen LogP contribution >= 0.6 is 0 Å². The zero-order chi connectivity index (χ0) is 8.23. The van der Waals surface area contributed by atoms with Crippen molar-refractivity contribution < 1.29 is 4.74 Å². The molecule has 0 aliphatic carbocycles. The lowest BCUT2D eigenvalue weighted by Crippen LogP contribution is -2.37. The molecule has 2 heterocycles. The van der Waals surface area contributed by atoms with E-state index in [4.69, 9.17) is 4.74 Å². The van der Waals surface area contributed by atoms with Crippen LogP contribution in [0, 0.1) is 11.8 Å². The summed E-state index contributed by atoms with van der Waals surface area (Å²) in [6.45, 7) is 4.47. The van der Waals surface area contributed by atoms with Crippen molar-refractivity contribution in [3.8, 4) is 0 Å². The topological polar surface area (TPSA) is 21.3 Å². The highest BCUT2D eigenvalue weighted by molar-refractivity contribution is 4.77. The van der Waals surface area contributed by atoms with Crippen molar-refractivity contribution in [1.82, 2.24) is 5.32 Å². The molecule has 0 radical (unpaired) electrons. The first-order valence-corrected chi connectivity index (χ1v) is 5.25. The third-order valence-electron chi connectivity index (χ3n) is 3.20. The third-order valence-corrected chi connectivity index (χ3v) is 3.20. The maximum absolute atomic E-state index is 5.51. The van der Waals surface area contributed by atoms with E-state index in [1.165, 1.54) is 38.8 Å². The van der Waals surface area contributed by atoms with Crippen LogP contribution in [0.4, 0.5) is 0 Å². The lowest BCUT2D eigenvalue weighted by Gasteiger charge is -2.33. The molecule has 2 unspecified atom stereocenters. The molecule has 2 aliphatic heterocycles. The van der Waals surface area contributed by atoms with Gasteiger partial charge in [-0.3, -0.25) is 0 Å². The van der Waals surface area contributed by atoms with Gasteiger partial charge in [0.2, 0.25) is 0 Å². The molecule has 1 N–H and O–H groups in total. The highest BCUT2D eigenvalue weighted by atomic mass is 16.5. The molecular weight excluding hydrogens is 150 g/mol. The standard InChI is InChI=1S/C10H19NO/c1-3-9(7-11-5-1)10-4-2-6-12-8-10/h9-11H,1-8H2. The quantitative estimate of drug-likeness (QED) is 0.641. The van der Waals surface area contributed by atoms with Crippen LogP contribution in [0.3, 0.4) is 0 Å². The number of ether oxygens (including phenoxy) is 1. The summed E-state index contributed by atoms with van der Waals surface area (Å²) in [6, 6.07) is 0. The zero-order valence-electron chi connectivity index (χ0n) is 7.72. The molecule has 0 amide bonds. The van der Waals surface area contributed by atoms with Gasteiger partial charge in [-0.25, -0.2) is 0 Å². The number of rotatable bonds is 1. The highest BCUT2D eigenvalue weighted by Crippen LogP contribution is 2.26. The summed E-state index contributed by atoms with van der Waals surface area (Å²) in [5.74, 6) is 1.76. The fraction of sp³-hybridized carbons (Fsp3) is 1.00. The molecule has 0 aromatic carbocycles. The second-order valence-corrected chi connectivity index (χ2v) is 4.08. The SMILES string of the molecule is C1CNCC(C2CCCOC2)C1. The Morgan fingerprint density at radius 2 is 2.00 bits per heavy atom. The Morgan fingerprint density at radius 3 is 2.67 bits per heavy atom. The van der Waals surface area contributed by atoms with Crippen LogP contribution < -0.4 is 5.32 Å².